The van der Waals surface area contributed by atoms with Gasteiger partial charge in [0.15, 0.2) is 0 Å². The molecule has 3 heterocycles. The highest BCUT2D eigenvalue weighted by atomic mass is 16.5. The molecular weight excluding hydrogens is 446 g/mol. The van der Waals surface area contributed by atoms with E-state index in [0.29, 0.717) is 12.0 Å². The van der Waals surface area contributed by atoms with Gasteiger partial charge in [-0.25, -0.2) is 0 Å². The molecule has 0 spiro atoms. The molecule has 6 rings (SSSR count). The minimum Gasteiger partial charge on any atom is -0.497 e. The molecule has 0 amide bonds. The lowest BCUT2D eigenvalue weighted by molar-refractivity contribution is 0.141. The van der Waals surface area contributed by atoms with Crippen molar-refractivity contribution in [2.24, 2.45) is 7.05 Å². The van der Waals surface area contributed by atoms with Crippen LogP contribution in [0.4, 0.5) is 5.69 Å². The van der Waals surface area contributed by atoms with Crippen molar-refractivity contribution in [3.8, 4) is 11.8 Å². The van der Waals surface area contributed by atoms with Crippen LogP contribution in [0.2, 0.25) is 0 Å². The van der Waals surface area contributed by atoms with Gasteiger partial charge in [0, 0.05) is 85.8 Å². The molecule has 0 bridgehead atoms. The zero-order valence-electron chi connectivity index (χ0n) is 21.2. The molecule has 1 aliphatic heterocycles. The van der Waals surface area contributed by atoms with Gasteiger partial charge >= 0.3 is 0 Å². The monoisotopic (exact) mass is 479 g/mol. The van der Waals surface area contributed by atoms with Gasteiger partial charge in [-0.2, -0.15) is 5.26 Å². The summed E-state index contributed by atoms with van der Waals surface area (Å²) in [6.45, 7) is 4.23. The smallest absolute Gasteiger partial charge is 0.123 e. The summed E-state index contributed by atoms with van der Waals surface area (Å²) in [5, 5.41) is 11.8. The van der Waals surface area contributed by atoms with Gasteiger partial charge in [0.25, 0.3) is 0 Å². The Bertz CT molecular complexity index is 1440. The summed E-state index contributed by atoms with van der Waals surface area (Å²) in [6, 6.07) is 17.4. The maximum absolute atomic E-state index is 9.38. The maximum atomic E-state index is 9.38. The number of fused-ring (bicyclic) bond motifs is 2. The van der Waals surface area contributed by atoms with E-state index in [1.807, 2.05) is 24.4 Å². The predicted octanol–water partition coefficient (Wildman–Crippen LogP) is 5.46. The molecule has 2 aliphatic rings. The number of nitriles is 1. The van der Waals surface area contributed by atoms with Crippen LogP contribution < -0.4 is 9.64 Å². The van der Waals surface area contributed by atoms with Gasteiger partial charge in [0.05, 0.1) is 24.3 Å². The van der Waals surface area contributed by atoms with Crippen LogP contribution in [0.5, 0.6) is 5.75 Å². The van der Waals surface area contributed by atoms with E-state index in [-0.39, 0.29) is 0 Å². The van der Waals surface area contributed by atoms with Crippen molar-refractivity contribution in [2.45, 2.75) is 37.6 Å². The van der Waals surface area contributed by atoms with E-state index in [9.17, 15) is 5.26 Å². The third kappa shape index (κ3) is 4.08. The number of piperazine rings is 1. The molecule has 6 nitrogen and oxygen atoms in total. The Morgan fingerprint density at radius 1 is 0.972 bits per heavy atom. The van der Waals surface area contributed by atoms with E-state index in [1.54, 1.807) is 7.11 Å². The topological polar surface area (TPSA) is 57.3 Å². The molecule has 2 aromatic heterocycles. The first-order valence-electron chi connectivity index (χ1n) is 13.1. The lowest BCUT2D eigenvalue weighted by atomic mass is 9.81. The zero-order valence-corrected chi connectivity index (χ0v) is 21.2. The predicted molar refractivity (Wildman–Crippen MR) is 145 cm³/mol. The van der Waals surface area contributed by atoms with Gasteiger partial charge < -0.3 is 14.2 Å². The standard InChI is InChI=1S/C30H33N5O/c1-33-20-27(26-16-21(19-31)5-10-29(26)33)22-6-8-23(9-7-22)34-12-14-35(15-13-34)30-18-24(36-2)17-28-25(30)4-3-11-32-28/h3-5,10-11,16-18,20,22-23H,6-9,12-15H2,1-2H3/t22-,23+. The van der Waals surface area contributed by atoms with Gasteiger partial charge in [-0.3, -0.25) is 9.88 Å². The highest BCUT2D eigenvalue weighted by Gasteiger charge is 2.30. The van der Waals surface area contributed by atoms with E-state index in [4.69, 9.17) is 4.74 Å². The number of methoxy groups -OCH3 is 1. The van der Waals surface area contributed by atoms with Crippen molar-refractivity contribution in [2.75, 3.05) is 38.2 Å². The maximum Gasteiger partial charge on any atom is 0.123 e. The Morgan fingerprint density at radius 2 is 1.78 bits per heavy atom. The summed E-state index contributed by atoms with van der Waals surface area (Å²) in [5.74, 6) is 1.45. The minimum absolute atomic E-state index is 0.579. The van der Waals surface area contributed by atoms with E-state index in [0.717, 1.165) is 43.0 Å². The summed E-state index contributed by atoms with van der Waals surface area (Å²) in [5.41, 5.74) is 5.62. The Labute approximate surface area is 212 Å². The molecule has 1 saturated carbocycles. The molecule has 184 valence electrons. The van der Waals surface area contributed by atoms with Crippen LogP contribution in [0.3, 0.4) is 0 Å². The normalized spacial score (nSPS) is 21.1. The van der Waals surface area contributed by atoms with Gasteiger partial charge in [-0.15, -0.1) is 0 Å². The number of pyridine rings is 1. The molecule has 6 heteroatoms. The third-order valence-corrected chi connectivity index (χ3v) is 8.37. The zero-order chi connectivity index (χ0) is 24.6. The number of hydrogen-bond acceptors (Lipinski definition) is 5. The van der Waals surface area contributed by atoms with Gasteiger partial charge in [-0.1, -0.05) is 0 Å². The van der Waals surface area contributed by atoms with Crippen LogP contribution in [0.1, 0.15) is 42.7 Å². The van der Waals surface area contributed by atoms with E-state index in [2.05, 4.69) is 62.9 Å². The number of benzene rings is 2. The molecular formula is C30H33N5O. The van der Waals surface area contributed by atoms with Crippen molar-refractivity contribution in [1.29, 1.82) is 5.26 Å². The average molecular weight is 480 g/mol. The number of anilines is 1. The molecule has 4 aromatic rings. The summed E-state index contributed by atoms with van der Waals surface area (Å²) in [6.07, 6.45) is 9.05. The molecule has 1 aliphatic carbocycles. The van der Waals surface area contributed by atoms with Crippen molar-refractivity contribution in [3.05, 3.63) is 66.0 Å². The Balaban J connectivity index is 1.12. The van der Waals surface area contributed by atoms with Gasteiger partial charge in [0.1, 0.15) is 5.75 Å². The van der Waals surface area contributed by atoms with Gasteiger partial charge in [0.2, 0.25) is 0 Å². The number of ether oxygens (including phenoxy) is 1. The summed E-state index contributed by atoms with van der Waals surface area (Å²) in [7, 11) is 3.84. The molecule has 36 heavy (non-hydrogen) atoms. The van der Waals surface area contributed by atoms with Crippen molar-refractivity contribution >= 4 is 27.5 Å². The number of rotatable bonds is 4. The summed E-state index contributed by atoms with van der Waals surface area (Å²) in [4.78, 5) is 9.77. The first-order valence-corrected chi connectivity index (χ1v) is 13.1. The number of hydrogen-bond donors (Lipinski definition) is 0. The fourth-order valence-corrected chi connectivity index (χ4v) is 6.41. The fourth-order valence-electron chi connectivity index (χ4n) is 6.41. The van der Waals surface area contributed by atoms with Crippen LogP contribution in [0.15, 0.2) is 54.9 Å². The lowest BCUT2D eigenvalue weighted by Gasteiger charge is -2.43. The average Bonchev–Trinajstić information content (AvgIpc) is 3.28. The molecule has 2 fully saturated rings. The van der Waals surface area contributed by atoms with Crippen LogP contribution in [0, 0.1) is 11.3 Å². The highest BCUT2D eigenvalue weighted by Crippen LogP contribution is 2.39. The lowest BCUT2D eigenvalue weighted by Crippen LogP contribution is -2.51. The number of nitrogens with zero attached hydrogens (tertiary/aromatic N) is 5. The molecule has 0 N–H and O–H groups in total. The summed E-state index contributed by atoms with van der Waals surface area (Å²) < 4.78 is 7.78. The first-order chi connectivity index (χ1) is 17.6. The van der Waals surface area contributed by atoms with Crippen molar-refractivity contribution in [1.82, 2.24) is 14.5 Å². The summed E-state index contributed by atoms with van der Waals surface area (Å²) >= 11 is 0. The first kappa shape index (κ1) is 22.9. The SMILES string of the molecule is COc1cc(N2CCN([C@H]3CC[C@@H](c4cn(C)c5ccc(C#N)cc54)CC3)CC2)c2cccnc2c1. The Hall–Kier alpha value is -3.56. The third-order valence-electron chi connectivity index (χ3n) is 8.37. The van der Waals surface area contributed by atoms with Crippen LogP contribution in [-0.2, 0) is 7.05 Å². The van der Waals surface area contributed by atoms with Crippen LogP contribution >= 0.6 is 0 Å². The second-order valence-electron chi connectivity index (χ2n) is 10.3. The van der Waals surface area contributed by atoms with Crippen molar-refractivity contribution in [3.63, 3.8) is 0 Å². The molecule has 2 aromatic carbocycles. The van der Waals surface area contributed by atoms with Gasteiger partial charge in [-0.05, 0) is 67.5 Å². The van der Waals surface area contributed by atoms with Crippen molar-refractivity contribution < 1.29 is 4.74 Å². The second-order valence-corrected chi connectivity index (χ2v) is 10.3. The van der Waals surface area contributed by atoms with Crippen LogP contribution in [0.25, 0.3) is 21.8 Å². The fraction of sp³-hybridized carbons (Fsp3) is 0.400. The Morgan fingerprint density at radius 3 is 2.53 bits per heavy atom. The second kappa shape index (κ2) is 9.48. The molecule has 1 saturated heterocycles. The molecule has 0 radical (unpaired) electrons. The number of aryl methyl sites for hydroxylation is 1. The molecule has 0 unspecified atom stereocenters. The Kier molecular flexibility index (Phi) is 6.02. The highest BCUT2D eigenvalue weighted by molar-refractivity contribution is 5.93. The number of aromatic nitrogens is 2. The van der Waals surface area contributed by atoms with E-state index >= 15 is 0 Å². The van der Waals surface area contributed by atoms with E-state index < -0.39 is 0 Å². The van der Waals surface area contributed by atoms with E-state index in [1.165, 1.54) is 53.2 Å². The molecule has 0 atom stereocenters. The van der Waals surface area contributed by atoms with Crippen LogP contribution in [-0.4, -0.2) is 53.8 Å². The minimum atomic E-state index is 0.579. The quantitative estimate of drug-likeness (QED) is 0.389. The largest absolute Gasteiger partial charge is 0.497 e.